The summed E-state index contributed by atoms with van der Waals surface area (Å²) in [4.78, 5) is 0. The molecule has 13 heavy (non-hydrogen) atoms. The third-order valence-electron chi connectivity index (χ3n) is 2.88. The van der Waals surface area contributed by atoms with Gasteiger partial charge in [0.15, 0.2) is 0 Å². The average molecular weight is 181 g/mol. The lowest BCUT2D eigenvalue weighted by molar-refractivity contribution is 0.331. The van der Waals surface area contributed by atoms with Gasteiger partial charge in [-0.25, -0.2) is 0 Å². The predicted octanol–water partition coefficient (Wildman–Crippen LogP) is 2.66. The third kappa shape index (κ3) is 1.63. The Morgan fingerprint density at radius 3 is 1.92 bits per heavy atom. The quantitative estimate of drug-likeness (QED) is 0.758. The molecule has 0 saturated heterocycles. The molecule has 1 aromatic rings. The van der Waals surface area contributed by atoms with Gasteiger partial charge in [0.05, 0.1) is 5.54 Å². The summed E-state index contributed by atoms with van der Waals surface area (Å²) in [5, 5.41) is 3.25. The van der Waals surface area contributed by atoms with E-state index in [1.165, 1.54) is 11.1 Å². The van der Waals surface area contributed by atoms with Crippen molar-refractivity contribution in [1.82, 2.24) is 5.32 Å². The number of rotatable bonds is 2. The Morgan fingerprint density at radius 1 is 1.08 bits per heavy atom. The molecule has 0 atom stereocenters. The maximum atomic E-state index is 5.74. The van der Waals surface area contributed by atoms with Gasteiger partial charge in [-0.1, -0.05) is 0 Å². The molecule has 0 fully saturated rings. The summed E-state index contributed by atoms with van der Waals surface area (Å²) in [6, 6.07) is 0. The van der Waals surface area contributed by atoms with Gasteiger partial charge in [0.1, 0.15) is 11.5 Å². The highest BCUT2D eigenvalue weighted by Gasteiger charge is 2.25. The third-order valence-corrected chi connectivity index (χ3v) is 2.88. The molecule has 1 N–H and O–H groups in total. The predicted molar refractivity (Wildman–Crippen MR) is 55.0 cm³/mol. The maximum Gasteiger partial charge on any atom is 0.126 e. The van der Waals surface area contributed by atoms with Crippen molar-refractivity contribution in [3.63, 3.8) is 0 Å². The molecule has 0 saturated carbocycles. The van der Waals surface area contributed by atoms with E-state index < -0.39 is 0 Å². The summed E-state index contributed by atoms with van der Waals surface area (Å²) >= 11 is 0. The minimum atomic E-state index is -0.0803. The van der Waals surface area contributed by atoms with E-state index in [4.69, 9.17) is 4.42 Å². The molecule has 1 aromatic heterocycles. The monoisotopic (exact) mass is 181 g/mol. The van der Waals surface area contributed by atoms with Crippen LogP contribution >= 0.6 is 0 Å². The van der Waals surface area contributed by atoms with Crippen LogP contribution in [-0.4, -0.2) is 7.05 Å². The number of hydrogen-bond donors (Lipinski definition) is 1. The zero-order chi connectivity index (χ0) is 10.2. The largest absolute Gasteiger partial charge is 0.464 e. The van der Waals surface area contributed by atoms with Crippen molar-refractivity contribution < 1.29 is 4.42 Å². The molecule has 0 bridgehead atoms. The van der Waals surface area contributed by atoms with E-state index in [9.17, 15) is 0 Å². The number of aryl methyl sites for hydroxylation is 1. The van der Waals surface area contributed by atoms with Gasteiger partial charge in [0.2, 0.25) is 0 Å². The Bertz CT molecular complexity index is 310. The second kappa shape index (κ2) is 3.18. The number of furan rings is 1. The first-order chi connectivity index (χ1) is 5.90. The first-order valence-electron chi connectivity index (χ1n) is 4.66. The van der Waals surface area contributed by atoms with Gasteiger partial charge in [-0.05, 0) is 52.8 Å². The molecular formula is C11H19NO. The molecule has 2 heteroatoms. The van der Waals surface area contributed by atoms with Gasteiger partial charge in [-0.2, -0.15) is 0 Å². The normalized spacial score (nSPS) is 12.2. The van der Waals surface area contributed by atoms with Crippen LogP contribution in [0, 0.1) is 20.8 Å². The SMILES string of the molecule is CNC(C)(C)c1oc(C)c(C)c1C. The van der Waals surface area contributed by atoms with Crippen LogP contribution in [0.1, 0.15) is 36.5 Å². The van der Waals surface area contributed by atoms with Crippen LogP contribution in [0.2, 0.25) is 0 Å². The van der Waals surface area contributed by atoms with Crippen molar-refractivity contribution in [1.29, 1.82) is 0 Å². The summed E-state index contributed by atoms with van der Waals surface area (Å²) in [6.07, 6.45) is 0. The summed E-state index contributed by atoms with van der Waals surface area (Å²) < 4.78 is 5.74. The smallest absolute Gasteiger partial charge is 0.126 e. The van der Waals surface area contributed by atoms with Gasteiger partial charge in [0.25, 0.3) is 0 Å². The molecule has 1 heterocycles. The fourth-order valence-corrected chi connectivity index (χ4v) is 1.45. The first-order valence-corrected chi connectivity index (χ1v) is 4.66. The number of nitrogens with one attached hydrogen (secondary N) is 1. The highest BCUT2D eigenvalue weighted by Crippen LogP contribution is 2.29. The molecule has 74 valence electrons. The number of hydrogen-bond acceptors (Lipinski definition) is 2. The average Bonchev–Trinajstić information content (AvgIpc) is 2.33. The van der Waals surface area contributed by atoms with Gasteiger partial charge in [0, 0.05) is 0 Å². The summed E-state index contributed by atoms with van der Waals surface area (Å²) in [5.74, 6) is 2.07. The summed E-state index contributed by atoms with van der Waals surface area (Å²) in [7, 11) is 1.95. The summed E-state index contributed by atoms with van der Waals surface area (Å²) in [5.41, 5.74) is 2.44. The molecule has 0 amide bonds. The Labute approximate surface area is 80.3 Å². The van der Waals surface area contributed by atoms with E-state index in [-0.39, 0.29) is 5.54 Å². The van der Waals surface area contributed by atoms with Crippen LogP contribution in [0.5, 0.6) is 0 Å². The summed E-state index contributed by atoms with van der Waals surface area (Å²) in [6.45, 7) is 10.5. The molecule has 1 rings (SSSR count). The fraction of sp³-hybridized carbons (Fsp3) is 0.636. The van der Waals surface area contributed by atoms with Crippen molar-refractivity contribution in [2.45, 2.75) is 40.2 Å². The second-order valence-electron chi connectivity index (χ2n) is 4.11. The fourth-order valence-electron chi connectivity index (χ4n) is 1.45. The minimum Gasteiger partial charge on any atom is -0.464 e. The zero-order valence-corrected chi connectivity index (χ0v) is 9.41. The van der Waals surface area contributed by atoms with Crippen LogP contribution in [0.3, 0.4) is 0 Å². The van der Waals surface area contributed by atoms with Gasteiger partial charge < -0.3 is 9.73 Å². The minimum absolute atomic E-state index is 0.0803. The molecular weight excluding hydrogens is 162 g/mol. The molecule has 0 spiro atoms. The van der Waals surface area contributed by atoms with Gasteiger partial charge in [-0.15, -0.1) is 0 Å². The van der Waals surface area contributed by atoms with Gasteiger partial charge in [-0.3, -0.25) is 0 Å². The van der Waals surface area contributed by atoms with Crippen LogP contribution < -0.4 is 5.32 Å². The molecule has 0 aliphatic rings. The van der Waals surface area contributed by atoms with E-state index in [2.05, 4.69) is 33.0 Å². The lowest BCUT2D eigenvalue weighted by atomic mass is 9.97. The second-order valence-corrected chi connectivity index (χ2v) is 4.11. The molecule has 0 aliphatic heterocycles. The molecule has 0 aromatic carbocycles. The molecule has 2 nitrogen and oxygen atoms in total. The highest BCUT2D eigenvalue weighted by atomic mass is 16.3. The molecule has 0 unspecified atom stereocenters. The van der Waals surface area contributed by atoms with Crippen LogP contribution in [0.15, 0.2) is 4.42 Å². The van der Waals surface area contributed by atoms with Crippen LogP contribution in [-0.2, 0) is 5.54 Å². The first kappa shape index (κ1) is 10.3. The van der Waals surface area contributed by atoms with Crippen molar-refractivity contribution in [3.8, 4) is 0 Å². The van der Waals surface area contributed by atoms with Gasteiger partial charge >= 0.3 is 0 Å². The Morgan fingerprint density at radius 2 is 1.62 bits per heavy atom. The Balaban J connectivity index is 3.23. The highest BCUT2D eigenvalue weighted by molar-refractivity contribution is 5.33. The topological polar surface area (TPSA) is 25.2 Å². The van der Waals surface area contributed by atoms with E-state index in [0.29, 0.717) is 0 Å². The van der Waals surface area contributed by atoms with E-state index in [0.717, 1.165) is 11.5 Å². The Kier molecular flexibility index (Phi) is 2.53. The molecule has 0 radical (unpaired) electrons. The van der Waals surface area contributed by atoms with E-state index in [1.807, 2.05) is 14.0 Å². The van der Waals surface area contributed by atoms with Crippen molar-refractivity contribution in [2.75, 3.05) is 7.05 Å². The van der Waals surface area contributed by atoms with Crippen molar-refractivity contribution >= 4 is 0 Å². The maximum absolute atomic E-state index is 5.74. The lowest BCUT2D eigenvalue weighted by Crippen LogP contribution is -2.33. The van der Waals surface area contributed by atoms with E-state index >= 15 is 0 Å². The zero-order valence-electron chi connectivity index (χ0n) is 9.41. The molecule has 0 aliphatic carbocycles. The van der Waals surface area contributed by atoms with Crippen LogP contribution in [0.25, 0.3) is 0 Å². The Hall–Kier alpha value is -0.760. The standard InChI is InChI=1S/C11H19NO/c1-7-8(2)10(13-9(7)3)11(4,5)12-6/h12H,1-6H3. The lowest BCUT2D eigenvalue weighted by Gasteiger charge is -2.22. The van der Waals surface area contributed by atoms with E-state index in [1.54, 1.807) is 0 Å². The van der Waals surface area contributed by atoms with Crippen LogP contribution in [0.4, 0.5) is 0 Å². The van der Waals surface area contributed by atoms with Crippen molar-refractivity contribution in [2.24, 2.45) is 0 Å². The van der Waals surface area contributed by atoms with Crippen molar-refractivity contribution in [3.05, 3.63) is 22.6 Å².